The summed E-state index contributed by atoms with van der Waals surface area (Å²) < 4.78 is 5.70. The van der Waals surface area contributed by atoms with Crippen LogP contribution in [-0.2, 0) is 4.74 Å². The molecule has 2 N–H and O–H groups in total. The van der Waals surface area contributed by atoms with E-state index in [0.29, 0.717) is 6.42 Å². The van der Waals surface area contributed by atoms with Crippen molar-refractivity contribution in [2.75, 3.05) is 6.61 Å². The Labute approximate surface area is 157 Å². The van der Waals surface area contributed by atoms with E-state index in [1.54, 1.807) is 6.08 Å². The third-order valence-electron chi connectivity index (χ3n) is 4.57. The molecule has 1 unspecified atom stereocenters. The lowest BCUT2D eigenvalue weighted by Gasteiger charge is -2.02. The number of unbranched alkanes of at least 4 members (excludes halogenated alkanes) is 4. The number of ether oxygens (including phenoxy) is 1. The van der Waals surface area contributed by atoms with Crippen molar-refractivity contribution in [3.05, 3.63) is 47.8 Å². The van der Waals surface area contributed by atoms with Crippen LogP contribution in [0.25, 0.3) is 6.08 Å². The molecule has 0 saturated carbocycles. The monoisotopic (exact) mass is 359 g/mol. The summed E-state index contributed by atoms with van der Waals surface area (Å²) in [7, 11) is 0. The van der Waals surface area contributed by atoms with Crippen LogP contribution in [-0.4, -0.2) is 34.0 Å². The zero-order chi connectivity index (χ0) is 18.6. The number of nitrogens with zero attached hydrogens (tertiary/aromatic N) is 1. The molecular weight excluding hydrogens is 326 g/mol. The van der Waals surface area contributed by atoms with Gasteiger partial charge < -0.3 is 14.9 Å². The highest BCUT2D eigenvalue weighted by Crippen LogP contribution is 2.40. The second-order valence-corrected chi connectivity index (χ2v) is 6.93. The van der Waals surface area contributed by atoms with Gasteiger partial charge in [0, 0.05) is 6.61 Å². The van der Waals surface area contributed by atoms with Gasteiger partial charge in [-0.2, -0.15) is 0 Å². The molecular formula is C22H33NO3. The molecule has 4 heteroatoms. The average Bonchev–Trinajstić information content (AvgIpc) is 3.43. The zero-order valence-corrected chi connectivity index (χ0v) is 15.9. The van der Waals surface area contributed by atoms with Crippen LogP contribution >= 0.6 is 0 Å². The fourth-order valence-electron chi connectivity index (χ4n) is 2.95. The summed E-state index contributed by atoms with van der Waals surface area (Å²) in [4.78, 5) is 4.63. The SMILES string of the molecule is CCCCC/C=C\CC(O)/C=C/c1cccc([C@@H]2O[C@H]2CCCCO)n1. The topological polar surface area (TPSA) is 65.9 Å². The number of aromatic nitrogens is 1. The van der Waals surface area contributed by atoms with E-state index in [1.165, 1.54) is 19.3 Å². The minimum atomic E-state index is -0.480. The van der Waals surface area contributed by atoms with Crippen molar-refractivity contribution >= 4 is 6.08 Å². The maximum absolute atomic E-state index is 10.1. The number of hydrogen-bond donors (Lipinski definition) is 2. The molecule has 1 aromatic heterocycles. The van der Waals surface area contributed by atoms with Crippen LogP contribution < -0.4 is 0 Å². The fraction of sp³-hybridized carbons (Fsp3) is 0.591. The van der Waals surface area contributed by atoms with E-state index in [-0.39, 0.29) is 18.8 Å². The Morgan fingerprint density at radius 2 is 2.08 bits per heavy atom. The zero-order valence-electron chi connectivity index (χ0n) is 15.9. The molecule has 1 aliphatic heterocycles. The number of aliphatic hydroxyl groups is 2. The molecule has 26 heavy (non-hydrogen) atoms. The first kappa shape index (κ1) is 20.8. The first-order valence-corrected chi connectivity index (χ1v) is 9.99. The molecule has 0 bridgehead atoms. The number of aliphatic hydroxyl groups excluding tert-OH is 2. The van der Waals surface area contributed by atoms with Crippen LogP contribution in [0.15, 0.2) is 36.4 Å². The molecule has 1 saturated heterocycles. The minimum absolute atomic E-state index is 0.0815. The summed E-state index contributed by atoms with van der Waals surface area (Å²) in [6, 6.07) is 5.91. The highest BCUT2D eigenvalue weighted by molar-refractivity contribution is 5.45. The molecule has 1 aliphatic rings. The van der Waals surface area contributed by atoms with Crippen molar-refractivity contribution in [3.8, 4) is 0 Å². The van der Waals surface area contributed by atoms with Gasteiger partial charge in [0.2, 0.25) is 0 Å². The van der Waals surface area contributed by atoms with E-state index >= 15 is 0 Å². The van der Waals surface area contributed by atoms with Gasteiger partial charge >= 0.3 is 0 Å². The van der Waals surface area contributed by atoms with Crippen molar-refractivity contribution < 1.29 is 14.9 Å². The van der Waals surface area contributed by atoms with Crippen molar-refractivity contribution in [2.24, 2.45) is 0 Å². The lowest BCUT2D eigenvalue weighted by molar-refractivity contribution is 0.227. The summed E-state index contributed by atoms with van der Waals surface area (Å²) in [5.41, 5.74) is 1.80. The highest BCUT2D eigenvalue weighted by atomic mass is 16.6. The molecule has 2 heterocycles. The van der Waals surface area contributed by atoms with Gasteiger partial charge in [0.25, 0.3) is 0 Å². The summed E-state index contributed by atoms with van der Waals surface area (Å²) >= 11 is 0. The van der Waals surface area contributed by atoms with Crippen LogP contribution in [0.1, 0.15) is 75.8 Å². The van der Waals surface area contributed by atoms with Crippen molar-refractivity contribution in [2.45, 2.75) is 76.6 Å². The van der Waals surface area contributed by atoms with Crippen LogP contribution in [0.2, 0.25) is 0 Å². The predicted octanol–water partition coefficient (Wildman–Crippen LogP) is 4.58. The maximum atomic E-state index is 10.1. The highest BCUT2D eigenvalue weighted by Gasteiger charge is 2.40. The Morgan fingerprint density at radius 1 is 1.19 bits per heavy atom. The molecule has 1 fully saturated rings. The van der Waals surface area contributed by atoms with Crippen LogP contribution in [0.5, 0.6) is 0 Å². The normalized spacial score (nSPS) is 20.9. The Kier molecular flexibility index (Phi) is 9.61. The maximum Gasteiger partial charge on any atom is 0.126 e. The fourth-order valence-corrected chi connectivity index (χ4v) is 2.95. The Bertz CT molecular complexity index is 570. The third-order valence-corrected chi connectivity index (χ3v) is 4.57. The van der Waals surface area contributed by atoms with Gasteiger partial charge in [0.15, 0.2) is 0 Å². The standard InChI is InChI=1S/C22H33NO3/c1-2-3-4-5-6-7-12-19(25)16-15-18-11-10-13-20(23-18)22-21(26-22)14-8-9-17-24/h6-7,10-11,13,15-16,19,21-22,24-25H,2-5,8-9,12,14,17H2,1H3/b7-6-,16-15+/t19?,21-,22-/m0/s1. The van der Waals surface area contributed by atoms with Crippen molar-refractivity contribution in [1.29, 1.82) is 0 Å². The first-order valence-electron chi connectivity index (χ1n) is 9.99. The molecule has 0 aliphatic carbocycles. The van der Waals surface area contributed by atoms with E-state index in [9.17, 15) is 5.11 Å². The molecule has 144 valence electrons. The molecule has 0 amide bonds. The second kappa shape index (κ2) is 12.0. The van der Waals surface area contributed by atoms with Crippen molar-refractivity contribution in [3.63, 3.8) is 0 Å². The lowest BCUT2D eigenvalue weighted by atomic mass is 10.1. The first-order chi connectivity index (χ1) is 12.7. The predicted molar refractivity (Wildman–Crippen MR) is 106 cm³/mol. The van der Waals surface area contributed by atoms with Gasteiger partial charge in [-0.15, -0.1) is 0 Å². The summed E-state index contributed by atoms with van der Waals surface area (Å²) in [6.07, 6.45) is 16.0. The van der Waals surface area contributed by atoms with Gasteiger partial charge in [-0.1, -0.05) is 44.1 Å². The summed E-state index contributed by atoms with van der Waals surface area (Å²) in [5, 5.41) is 18.9. The van der Waals surface area contributed by atoms with Crippen LogP contribution in [0, 0.1) is 0 Å². The molecule has 0 aromatic carbocycles. The average molecular weight is 360 g/mol. The van der Waals surface area contributed by atoms with Gasteiger partial charge in [0.1, 0.15) is 6.10 Å². The summed E-state index contributed by atoms with van der Waals surface area (Å²) in [6.45, 7) is 2.44. The van der Waals surface area contributed by atoms with Crippen molar-refractivity contribution in [1.82, 2.24) is 4.98 Å². The van der Waals surface area contributed by atoms with E-state index in [4.69, 9.17) is 9.84 Å². The number of allylic oxidation sites excluding steroid dienone is 1. The molecule has 0 spiro atoms. The van der Waals surface area contributed by atoms with Gasteiger partial charge in [-0.3, -0.25) is 4.98 Å². The lowest BCUT2D eigenvalue weighted by Crippen LogP contribution is -2.00. The minimum Gasteiger partial charge on any atom is -0.396 e. The molecule has 3 atom stereocenters. The van der Waals surface area contributed by atoms with Crippen LogP contribution in [0.3, 0.4) is 0 Å². The van der Waals surface area contributed by atoms with E-state index in [1.807, 2.05) is 24.3 Å². The molecule has 2 rings (SSSR count). The molecule has 0 radical (unpaired) electrons. The van der Waals surface area contributed by atoms with Gasteiger partial charge in [-0.05, 0) is 56.7 Å². The van der Waals surface area contributed by atoms with Gasteiger partial charge in [0.05, 0.1) is 23.6 Å². The number of rotatable bonds is 13. The molecule has 4 nitrogen and oxygen atoms in total. The largest absolute Gasteiger partial charge is 0.396 e. The second-order valence-electron chi connectivity index (χ2n) is 6.93. The Balaban J connectivity index is 1.74. The Hall–Kier alpha value is -1.49. The van der Waals surface area contributed by atoms with E-state index < -0.39 is 6.10 Å². The number of pyridine rings is 1. The van der Waals surface area contributed by atoms with E-state index in [0.717, 1.165) is 37.1 Å². The smallest absolute Gasteiger partial charge is 0.126 e. The van der Waals surface area contributed by atoms with Crippen LogP contribution in [0.4, 0.5) is 0 Å². The third kappa shape index (κ3) is 7.81. The number of hydrogen-bond acceptors (Lipinski definition) is 4. The Morgan fingerprint density at radius 3 is 2.88 bits per heavy atom. The number of epoxide rings is 1. The summed E-state index contributed by atoms with van der Waals surface area (Å²) in [5.74, 6) is 0. The molecule has 1 aromatic rings. The van der Waals surface area contributed by atoms with E-state index in [2.05, 4.69) is 24.1 Å². The quantitative estimate of drug-likeness (QED) is 0.307. The van der Waals surface area contributed by atoms with Gasteiger partial charge in [-0.25, -0.2) is 0 Å².